The molecule has 25 heavy (non-hydrogen) atoms. The van der Waals surface area contributed by atoms with Crippen molar-refractivity contribution in [3.8, 4) is 5.75 Å². The molecule has 1 unspecified atom stereocenters. The van der Waals surface area contributed by atoms with E-state index in [1.165, 1.54) is 0 Å². The molecule has 4 nitrogen and oxygen atoms in total. The number of thioether (sulfide) groups is 1. The van der Waals surface area contributed by atoms with Gasteiger partial charge in [0.1, 0.15) is 5.75 Å². The zero-order valence-electron chi connectivity index (χ0n) is 14.7. The summed E-state index contributed by atoms with van der Waals surface area (Å²) in [6.07, 6.45) is 0. The van der Waals surface area contributed by atoms with Gasteiger partial charge in [0.2, 0.25) is 5.91 Å². The maximum absolute atomic E-state index is 12.7. The van der Waals surface area contributed by atoms with E-state index in [0.717, 1.165) is 42.5 Å². The van der Waals surface area contributed by atoms with Crippen LogP contribution < -0.4 is 9.64 Å². The molecule has 5 heteroatoms. The summed E-state index contributed by atoms with van der Waals surface area (Å²) < 4.78 is 5.45. The minimum Gasteiger partial charge on any atom is -0.495 e. The molecule has 132 valence electrons. The lowest BCUT2D eigenvalue weighted by atomic mass is 10.2. The molecule has 0 aliphatic carbocycles. The highest BCUT2D eigenvalue weighted by Gasteiger charge is 2.26. The standard InChI is InChI=1S/C20H24N2O2S/c1-16(25-17-8-4-3-5-9-17)20(23)22-14-12-21(13-15-22)18-10-6-7-11-19(18)24-2/h3-11,16H,12-15H2,1-2H3. The summed E-state index contributed by atoms with van der Waals surface area (Å²) in [4.78, 5) is 18.1. The van der Waals surface area contributed by atoms with Gasteiger partial charge in [-0.05, 0) is 31.2 Å². The zero-order valence-corrected chi connectivity index (χ0v) is 15.5. The van der Waals surface area contributed by atoms with Gasteiger partial charge in [-0.25, -0.2) is 0 Å². The van der Waals surface area contributed by atoms with E-state index in [9.17, 15) is 4.79 Å². The number of carbonyl (C=O) groups is 1. The van der Waals surface area contributed by atoms with E-state index in [2.05, 4.69) is 11.0 Å². The van der Waals surface area contributed by atoms with Crippen LogP contribution in [0.3, 0.4) is 0 Å². The van der Waals surface area contributed by atoms with Crippen LogP contribution in [0.2, 0.25) is 0 Å². The van der Waals surface area contributed by atoms with Crippen molar-refractivity contribution < 1.29 is 9.53 Å². The summed E-state index contributed by atoms with van der Waals surface area (Å²) in [5.41, 5.74) is 1.10. The fourth-order valence-electron chi connectivity index (χ4n) is 3.07. The van der Waals surface area contributed by atoms with Gasteiger partial charge in [-0.15, -0.1) is 11.8 Å². The van der Waals surface area contributed by atoms with Crippen LogP contribution in [-0.2, 0) is 4.79 Å². The number of para-hydroxylation sites is 2. The molecular weight excluding hydrogens is 332 g/mol. The molecule has 0 spiro atoms. The summed E-state index contributed by atoms with van der Waals surface area (Å²) in [5.74, 6) is 1.10. The van der Waals surface area contributed by atoms with Crippen molar-refractivity contribution in [3.05, 3.63) is 54.6 Å². The second-order valence-electron chi connectivity index (χ2n) is 6.06. The average molecular weight is 356 g/mol. The fraction of sp³-hybridized carbons (Fsp3) is 0.350. The lowest BCUT2D eigenvalue weighted by molar-refractivity contribution is -0.130. The summed E-state index contributed by atoms with van der Waals surface area (Å²) in [6, 6.07) is 18.2. The van der Waals surface area contributed by atoms with Crippen molar-refractivity contribution in [1.82, 2.24) is 4.90 Å². The van der Waals surface area contributed by atoms with Gasteiger partial charge < -0.3 is 14.5 Å². The van der Waals surface area contributed by atoms with Crippen LogP contribution in [-0.4, -0.2) is 49.3 Å². The number of piperazine rings is 1. The minimum absolute atomic E-state index is 0.0692. The Kier molecular flexibility index (Phi) is 5.87. The Balaban J connectivity index is 1.57. The monoisotopic (exact) mass is 356 g/mol. The molecular formula is C20H24N2O2S. The second-order valence-corrected chi connectivity index (χ2v) is 7.47. The fourth-order valence-corrected chi connectivity index (χ4v) is 4.04. The quantitative estimate of drug-likeness (QED) is 0.768. The molecule has 1 aliphatic heterocycles. The van der Waals surface area contributed by atoms with Gasteiger partial charge in [0.15, 0.2) is 0 Å². The Hall–Kier alpha value is -2.14. The number of hydrogen-bond acceptors (Lipinski definition) is 4. The lowest BCUT2D eigenvalue weighted by Crippen LogP contribution is -2.50. The highest BCUT2D eigenvalue weighted by molar-refractivity contribution is 8.00. The van der Waals surface area contributed by atoms with Gasteiger partial charge in [0, 0.05) is 31.1 Å². The van der Waals surface area contributed by atoms with Crippen molar-refractivity contribution >= 4 is 23.4 Å². The average Bonchev–Trinajstić information content (AvgIpc) is 2.68. The van der Waals surface area contributed by atoms with E-state index < -0.39 is 0 Å². The molecule has 0 N–H and O–H groups in total. The predicted molar refractivity (Wildman–Crippen MR) is 104 cm³/mol. The number of methoxy groups -OCH3 is 1. The van der Waals surface area contributed by atoms with Gasteiger partial charge in [0.05, 0.1) is 18.0 Å². The highest BCUT2D eigenvalue weighted by Crippen LogP contribution is 2.29. The van der Waals surface area contributed by atoms with Crippen molar-refractivity contribution in [2.45, 2.75) is 17.1 Å². The molecule has 2 aromatic rings. The number of ether oxygens (including phenoxy) is 1. The first-order valence-electron chi connectivity index (χ1n) is 8.57. The van der Waals surface area contributed by atoms with Crippen molar-refractivity contribution in [3.63, 3.8) is 0 Å². The Bertz CT molecular complexity index is 700. The van der Waals surface area contributed by atoms with Crippen LogP contribution in [0.5, 0.6) is 5.75 Å². The molecule has 1 heterocycles. The maximum atomic E-state index is 12.7. The summed E-state index contributed by atoms with van der Waals surface area (Å²) in [7, 11) is 1.70. The van der Waals surface area contributed by atoms with Gasteiger partial charge in [-0.1, -0.05) is 30.3 Å². The minimum atomic E-state index is -0.0692. The molecule has 1 aliphatic rings. The molecule has 0 saturated carbocycles. The SMILES string of the molecule is COc1ccccc1N1CCN(C(=O)C(C)Sc2ccccc2)CC1. The predicted octanol–water partition coefficient (Wildman–Crippen LogP) is 3.52. The van der Waals surface area contributed by atoms with E-state index >= 15 is 0 Å². The number of benzene rings is 2. The van der Waals surface area contributed by atoms with Crippen molar-refractivity contribution in [2.24, 2.45) is 0 Å². The van der Waals surface area contributed by atoms with Gasteiger partial charge >= 0.3 is 0 Å². The Labute approximate surface area is 153 Å². The molecule has 0 radical (unpaired) electrons. The smallest absolute Gasteiger partial charge is 0.235 e. The van der Waals surface area contributed by atoms with Crippen LogP contribution in [0.25, 0.3) is 0 Å². The first kappa shape index (κ1) is 17.7. The van der Waals surface area contributed by atoms with E-state index in [1.807, 2.05) is 60.4 Å². The third kappa shape index (κ3) is 4.28. The van der Waals surface area contributed by atoms with Crippen LogP contribution >= 0.6 is 11.8 Å². The van der Waals surface area contributed by atoms with Gasteiger partial charge in [-0.2, -0.15) is 0 Å². The number of amides is 1. The van der Waals surface area contributed by atoms with Crippen LogP contribution in [0.4, 0.5) is 5.69 Å². The Morgan fingerprint density at radius 1 is 1.00 bits per heavy atom. The molecule has 2 aromatic carbocycles. The Morgan fingerprint density at radius 3 is 2.32 bits per heavy atom. The third-order valence-corrected chi connectivity index (χ3v) is 5.52. The number of anilines is 1. The summed E-state index contributed by atoms with van der Waals surface area (Å²) in [6.45, 7) is 5.14. The van der Waals surface area contributed by atoms with E-state index in [-0.39, 0.29) is 11.2 Å². The summed E-state index contributed by atoms with van der Waals surface area (Å²) >= 11 is 1.62. The highest BCUT2D eigenvalue weighted by atomic mass is 32.2. The molecule has 1 amide bonds. The van der Waals surface area contributed by atoms with Crippen LogP contribution in [0.15, 0.2) is 59.5 Å². The molecule has 3 rings (SSSR count). The summed E-state index contributed by atoms with van der Waals surface area (Å²) in [5, 5.41) is -0.0692. The van der Waals surface area contributed by atoms with Crippen molar-refractivity contribution in [1.29, 1.82) is 0 Å². The first-order chi connectivity index (χ1) is 12.2. The van der Waals surface area contributed by atoms with Gasteiger partial charge in [0.25, 0.3) is 0 Å². The van der Waals surface area contributed by atoms with Crippen molar-refractivity contribution in [2.75, 3.05) is 38.2 Å². The largest absolute Gasteiger partial charge is 0.495 e. The molecule has 1 fully saturated rings. The number of hydrogen-bond donors (Lipinski definition) is 0. The first-order valence-corrected chi connectivity index (χ1v) is 9.45. The molecule has 0 aromatic heterocycles. The normalized spacial score (nSPS) is 15.8. The molecule has 1 atom stereocenters. The van der Waals surface area contributed by atoms with E-state index in [0.29, 0.717) is 0 Å². The van der Waals surface area contributed by atoms with Crippen LogP contribution in [0, 0.1) is 0 Å². The third-order valence-electron chi connectivity index (χ3n) is 4.42. The number of nitrogens with zero attached hydrogens (tertiary/aromatic N) is 2. The number of rotatable bonds is 5. The lowest BCUT2D eigenvalue weighted by Gasteiger charge is -2.37. The van der Waals surface area contributed by atoms with E-state index in [4.69, 9.17) is 4.74 Å². The zero-order chi connectivity index (χ0) is 17.6. The van der Waals surface area contributed by atoms with Gasteiger partial charge in [-0.3, -0.25) is 4.79 Å². The van der Waals surface area contributed by atoms with Crippen LogP contribution in [0.1, 0.15) is 6.92 Å². The maximum Gasteiger partial charge on any atom is 0.235 e. The number of carbonyl (C=O) groups excluding carboxylic acids is 1. The molecule has 0 bridgehead atoms. The second kappa shape index (κ2) is 8.30. The van der Waals surface area contributed by atoms with E-state index in [1.54, 1.807) is 18.9 Å². The Morgan fingerprint density at radius 2 is 1.64 bits per heavy atom. The topological polar surface area (TPSA) is 32.8 Å². The molecule has 1 saturated heterocycles.